The Kier molecular flexibility index (Phi) is 5.25. The van der Waals surface area contributed by atoms with Crippen LogP contribution in [0.15, 0.2) is 29.3 Å². The molecule has 1 aliphatic heterocycles. The number of rotatable bonds is 4. The van der Waals surface area contributed by atoms with Gasteiger partial charge in [0.2, 0.25) is 0 Å². The molecule has 0 saturated heterocycles. The second-order valence-corrected chi connectivity index (χ2v) is 8.42. The quantitative estimate of drug-likeness (QED) is 0.434. The highest BCUT2D eigenvalue weighted by molar-refractivity contribution is 14.1. The van der Waals surface area contributed by atoms with Gasteiger partial charge >= 0.3 is 0 Å². The summed E-state index contributed by atoms with van der Waals surface area (Å²) in [5.74, 6) is -2.01. The van der Waals surface area contributed by atoms with E-state index in [0.29, 0.717) is 12.8 Å². The molecule has 154 valence electrons. The number of fused-ring (bicyclic) bond motifs is 1. The van der Waals surface area contributed by atoms with Crippen LogP contribution in [0, 0.1) is 22.1 Å². The van der Waals surface area contributed by atoms with E-state index in [2.05, 4.69) is 32.6 Å². The molecule has 0 radical (unpaired) electrons. The summed E-state index contributed by atoms with van der Waals surface area (Å²) >= 11 is 2.11. The number of amides is 1. The minimum absolute atomic E-state index is 0.0513. The first-order valence-electron chi connectivity index (χ1n) is 9.62. The summed E-state index contributed by atoms with van der Waals surface area (Å²) < 4.78 is 30.5. The average molecular weight is 520 g/mol. The Bertz CT molecular complexity index is 1240. The molecule has 0 spiro atoms. The number of aromatic hydroxyl groups is 1. The minimum Gasteiger partial charge on any atom is -0.494 e. The number of aryl methyl sites for hydroxylation is 3. The normalized spacial score (nSPS) is 13.0. The molecule has 0 aliphatic carbocycles. The van der Waals surface area contributed by atoms with Crippen molar-refractivity contribution in [2.75, 3.05) is 0 Å². The lowest BCUT2D eigenvalue weighted by atomic mass is 9.96. The maximum Gasteiger partial charge on any atom is 0.280 e. The van der Waals surface area contributed by atoms with Crippen molar-refractivity contribution >= 4 is 34.2 Å². The van der Waals surface area contributed by atoms with Gasteiger partial charge in [0.25, 0.3) is 5.91 Å². The molecule has 30 heavy (non-hydrogen) atoms. The lowest BCUT2D eigenvalue weighted by molar-refractivity contribution is 0.101. The second-order valence-electron chi connectivity index (χ2n) is 7.25. The van der Waals surface area contributed by atoms with Crippen LogP contribution in [0.3, 0.4) is 0 Å². The molecule has 0 atom stereocenters. The van der Waals surface area contributed by atoms with Crippen molar-refractivity contribution in [2.45, 2.75) is 33.6 Å². The number of hydrogen-bond acceptors (Lipinski definition) is 2. The van der Waals surface area contributed by atoms with E-state index in [1.54, 1.807) is 12.1 Å². The van der Waals surface area contributed by atoms with E-state index in [0.717, 1.165) is 20.3 Å². The molecule has 2 N–H and O–H groups in total. The molecule has 4 nitrogen and oxygen atoms in total. The van der Waals surface area contributed by atoms with E-state index in [9.17, 15) is 18.7 Å². The summed E-state index contributed by atoms with van der Waals surface area (Å²) in [5, 5.41) is 10.5. The van der Waals surface area contributed by atoms with Crippen LogP contribution >= 0.6 is 22.6 Å². The van der Waals surface area contributed by atoms with Crippen LogP contribution in [0.4, 0.5) is 8.78 Å². The number of aliphatic imine (C=N–C) groups is 1. The Hall–Kier alpha value is -2.55. The number of carbonyl (C=O) groups is 1. The molecular weight excluding hydrogens is 501 g/mol. The van der Waals surface area contributed by atoms with Crippen molar-refractivity contribution in [1.29, 1.82) is 0 Å². The van der Waals surface area contributed by atoms with E-state index in [1.165, 1.54) is 12.1 Å². The van der Waals surface area contributed by atoms with Crippen LogP contribution in [0.2, 0.25) is 0 Å². The molecule has 0 saturated carbocycles. The molecule has 4 rings (SSSR count). The molecular formula is C23H19F2IN2O2. The molecule has 2 heterocycles. The van der Waals surface area contributed by atoms with Crippen LogP contribution in [-0.2, 0) is 12.8 Å². The molecule has 1 aromatic heterocycles. The molecule has 7 heteroatoms. The van der Waals surface area contributed by atoms with Crippen molar-refractivity contribution in [3.05, 3.63) is 72.9 Å². The van der Waals surface area contributed by atoms with Crippen LogP contribution < -0.4 is 0 Å². The Morgan fingerprint density at radius 2 is 1.63 bits per heavy atom. The predicted molar refractivity (Wildman–Crippen MR) is 120 cm³/mol. The van der Waals surface area contributed by atoms with Gasteiger partial charge in [-0.2, -0.15) is 0 Å². The lowest BCUT2D eigenvalue weighted by Gasteiger charge is -2.08. The molecule has 3 aromatic rings. The summed E-state index contributed by atoms with van der Waals surface area (Å²) in [6.07, 6.45) is 1.34. The average Bonchev–Trinajstić information content (AvgIpc) is 3.23. The van der Waals surface area contributed by atoms with Crippen molar-refractivity contribution in [3.8, 4) is 17.1 Å². The van der Waals surface area contributed by atoms with E-state index in [1.807, 2.05) is 20.8 Å². The molecule has 0 bridgehead atoms. The summed E-state index contributed by atoms with van der Waals surface area (Å²) in [4.78, 5) is 19.5. The number of nitrogens with zero attached hydrogens (tertiary/aromatic N) is 1. The molecule has 1 amide bonds. The summed E-state index contributed by atoms with van der Waals surface area (Å²) in [5.41, 5.74) is 3.23. The van der Waals surface area contributed by atoms with Gasteiger partial charge < -0.3 is 10.1 Å². The van der Waals surface area contributed by atoms with Crippen molar-refractivity contribution in [2.24, 2.45) is 4.99 Å². The fraction of sp³-hybridized carbons (Fsp3) is 0.217. The Labute approximate surface area is 186 Å². The zero-order valence-electron chi connectivity index (χ0n) is 16.7. The first-order chi connectivity index (χ1) is 14.3. The number of H-pyrrole nitrogens is 1. The Balaban J connectivity index is 1.90. The van der Waals surface area contributed by atoms with Gasteiger partial charge in [0.15, 0.2) is 5.88 Å². The van der Waals surface area contributed by atoms with Gasteiger partial charge in [-0.15, -0.1) is 0 Å². The largest absolute Gasteiger partial charge is 0.494 e. The van der Waals surface area contributed by atoms with Gasteiger partial charge in [-0.3, -0.25) is 4.79 Å². The summed E-state index contributed by atoms with van der Waals surface area (Å²) in [7, 11) is 0. The highest BCUT2D eigenvalue weighted by Crippen LogP contribution is 2.40. The van der Waals surface area contributed by atoms with E-state index < -0.39 is 17.5 Å². The van der Waals surface area contributed by atoms with Gasteiger partial charge in [0, 0.05) is 14.7 Å². The first-order valence-corrected chi connectivity index (χ1v) is 10.7. The standard InChI is InChI=1S/C23H19F2IN2O2/c1-4-11-7-15(24)13(6-10(11)3)20-18-19(23(30)27-20)21(28-22(18)29)14-9-17(26)12(5-2)8-16(14)25/h6-9,27,30H,4-5H2,1-3H3. The van der Waals surface area contributed by atoms with Crippen LogP contribution in [0.25, 0.3) is 11.3 Å². The number of aromatic amines is 1. The van der Waals surface area contributed by atoms with Crippen LogP contribution in [-0.4, -0.2) is 21.7 Å². The van der Waals surface area contributed by atoms with Gasteiger partial charge in [0.1, 0.15) is 11.6 Å². The van der Waals surface area contributed by atoms with Gasteiger partial charge in [-0.1, -0.05) is 13.8 Å². The highest BCUT2D eigenvalue weighted by atomic mass is 127. The first kappa shape index (κ1) is 20.7. The SMILES string of the molecule is CCc1cc(F)c(-c2[nH]c(O)c3c2C(=O)N=C3c2cc(I)c(CC)cc2F)cc1C. The number of hydrogen-bond donors (Lipinski definition) is 2. The summed E-state index contributed by atoms with van der Waals surface area (Å²) in [6.45, 7) is 5.72. The molecule has 0 fully saturated rings. The van der Waals surface area contributed by atoms with E-state index >= 15 is 0 Å². The van der Waals surface area contributed by atoms with Crippen molar-refractivity contribution < 1.29 is 18.7 Å². The van der Waals surface area contributed by atoms with Crippen LogP contribution in [0.1, 0.15) is 52.0 Å². The number of benzene rings is 2. The number of nitrogens with one attached hydrogen (secondary N) is 1. The second kappa shape index (κ2) is 7.61. The Morgan fingerprint density at radius 1 is 1.00 bits per heavy atom. The third kappa shape index (κ3) is 3.15. The fourth-order valence-electron chi connectivity index (χ4n) is 3.88. The van der Waals surface area contributed by atoms with E-state index in [-0.39, 0.29) is 39.5 Å². The fourth-order valence-corrected chi connectivity index (χ4v) is 4.73. The third-order valence-corrected chi connectivity index (χ3v) is 6.50. The van der Waals surface area contributed by atoms with Crippen molar-refractivity contribution in [1.82, 2.24) is 4.98 Å². The van der Waals surface area contributed by atoms with Gasteiger partial charge in [-0.05, 0) is 83.3 Å². The molecule has 0 unspecified atom stereocenters. The lowest BCUT2D eigenvalue weighted by Crippen LogP contribution is -2.05. The maximum absolute atomic E-state index is 14.8. The molecule has 1 aliphatic rings. The van der Waals surface area contributed by atoms with Crippen LogP contribution in [0.5, 0.6) is 5.88 Å². The third-order valence-electron chi connectivity index (χ3n) is 5.49. The van der Waals surface area contributed by atoms with Crippen molar-refractivity contribution in [3.63, 3.8) is 0 Å². The monoisotopic (exact) mass is 520 g/mol. The highest BCUT2D eigenvalue weighted by Gasteiger charge is 2.35. The smallest absolute Gasteiger partial charge is 0.280 e. The molecule has 2 aromatic carbocycles. The predicted octanol–water partition coefficient (Wildman–Crippen LogP) is 5.69. The topological polar surface area (TPSA) is 65.4 Å². The zero-order chi connectivity index (χ0) is 21.7. The summed E-state index contributed by atoms with van der Waals surface area (Å²) in [6, 6.07) is 6.11. The number of halogens is 3. The van der Waals surface area contributed by atoms with Gasteiger partial charge in [0.05, 0.1) is 22.5 Å². The van der Waals surface area contributed by atoms with Gasteiger partial charge in [-0.25, -0.2) is 13.8 Å². The number of carbonyl (C=O) groups excluding carboxylic acids is 1. The Morgan fingerprint density at radius 3 is 2.30 bits per heavy atom. The van der Waals surface area contributed by atoms with E-state index in [4.69, 9.17) is 0 Å². The maximum atomic E-state index is 14.8. The number of aromatic nitrogens is 1. The zero-order valence-corrected chi connectivity index (χ0v) is 18.8. The minimum atomic E-state index is -0.642.